The van der Waals surface area contributed by atoms with E-state index < -0.39 is 0 Å². The maximum absolute atomic E-state index is 14.7. The van der Waals surface area contributed by atoms with Gasteiger partial charge in [-0.15, -0.1) is 0 Å². The smallest absolute Gasteiger partial charge is 0.329 e. The van der Waals surface area contributed by atoms with E-state index in [1.165, 1.54) is 0 Å². The van der Waals surface area contributed by atoms with Gasteiger partial charge in [0.05, 0.1) is 24.9 Å². The quantitative estimate of drug-likeness (QED) is 0.332. The van der Waals surface area contributed by atoms with E-state index in [4.69, 9.17) is 9.47 Å². The lowest BCUT2D eigenvalue weighted by molar-refractivity contribution is -0.122. The van der Waals surface area contributed by atoms with Crippen molar-refractivity contribution in [3.8, 4) is 17.0 Å². The molecule has 2 atom stereocenters. The fourth-order valence-corrected chi connectivity index (χ4v) is 6.18. The van der Waals surface area contributed by atoms with Crippen LogP contribution >= 0.6 is 0 Å². The number of carbonyl (C=O) groups excluding carboxylic acids is 2. The summed E-state index contributed by atoms with van der Waals surface area (Å²) in [4.78, 5) is 43.5. The molecule has 0 spiro atoms. The van der Waals surface area contributed by atoms with E-state index in [0.29, 0.717) is 63.0 Å². The summed E-state index contributed by atoms with van der Waals surface area (Å²) in [5.74, 6) is 0.483. The van der Waals surface area contributed by atoms with Crippen LogP contribution in [-0.2, 0) is 16.1 Å². The van der Waals surface area contributed by atoms with Gasteiger partial charge in [0.25, 0.3) is 5.91 Å². The number of methoxy groups -OCH3 is 1. The van der Waals surface area contributed by atoms with Gasteiger partial charge in [-0.25, -0.2) is 4.79 Å². The van der Waals surface area contributed by atoms with Gasteiger partial charge in [-0.05, 0) is 30.5 Å². The largest absolute Gasteiger partial charge is 0.491 e. The number of rotatable bonds is 11. The van der Waals surface area contributed by atoms with E-state index in [-0.39, 0.29) is 36.1 Å². The molecule has 2 aromatic carbocycles. The highest BCUT2D eigenvalue weighted by atomic mass is 16.5. The molecule has 2 amide bonds. The second-order valence-corrected chi connectivity index (χ2v) is 11.2. The highest BCUT2D eigenvalue weighted by Crippen LogP contribution is 2.35. The van der Waals surface area contributed by atoms with Crippen molar-refractivity contribution in [2.45, 2.75) is 57.7 Å². The number of piperazine rings is 1. The zero-order valence-corrected chi connectivity index (χ0v) is 25.2. The molecule has 1 aromatic heterocycles. The molecule has 5 rings (SSSR count). The second-order valence-electron chi connectivity index (χ2n) is 11.2. The number of hydrogen-bond acceptors (Lipinski definition) is 6. The zero-order chi connectivity index (χ0) is 30.2. The highest BCUT2D eigenvalue weighted by molar-refractivity contribution is 5.99. The first-order valence-electron chi connectivity index (χ1n) is 15.4. The molecule has 2 fully saturated rings. The summed E-state index contributed by atoms with van der Waals surface area (Å²) in [6.07, 6.45) is 3.81. The molecule has 1 saturated heterocycles. The molecule has 1 aliphatic heterocycles. The number of nitrogens with zero attached hydrogens (tertiary/aromatic N) is 3. The maximum Gasteiger partial charge on any atom is 0.329 e. The summed E-state index contributed by atoms with van der Waals surface area (Å²) in [6, 6.07) is 16.9. The summed E-state index contributed by atoms with van der Waals surface area (Å²) >= 11 is 0. The Morgan fingerprint density at radius 1 is 1.00 bits per heavy atom. The van der Waals surface area contributed by atoms with Gasteiger partial charge in [0.1, 0.15) is 18.1 Å². The van der Waals surface area contributed by atoms with E-state index in [1.54, 1.807) is 11.7 Å². The van der Waals surface area contributed by atoms with Gasteiger partial charge in [0.2, 0.25) is 5.91 Å². The Labute approximate surface area is 253 Å². The number of benzene rings is 2. The third kappa shape index (κ3) is 7.02. The fraction of sp³-hybridized carbons (Fsp3) is 0.485. The Morgan fingerprint density at radius 3 is 2.51 bits per heavy atom. The molecule has 2 aliphatic rings. The number of ether oxygens (including phenoxy) is 2. The predicted octanol–water partition coefficient (Wildman–Crippen LogP) is 3.45. The Balaban J connectivity index is 1.67. The van der Waals surface area contributed by atoms with Crippen LogP contribution in [0.2, 0.25) is 0 Å². The van der Waals surface area contributed by atoms with Crippen LogP contribution < -0.4 is 21.1 Å². The summed E-state index contributed by atoms with van der Waals surface area (Å²) < 4.78 is 14.4. The van der Waals surface area contributed by atoms with Crippen molar-refractivity contribution in [2.24, 2.45) is 0 Å². The lowest BCUT2D eigenvalue weighted by atomic mass is 9.89. The van der Waals surface area contributed by atoms with E-state index in [1.807, 2.05) is 71.0 Å². The summed E-state index contributed by atoms with van der Waals surface area (Å²) in [5.41, 5.74) is 2.41. The number of nitrogens with one attached hydrogen (secondary N) is 2. The van der Waals surface area contributed by atoms with Crippen LogP contribution in [0.1, 0.15) is 61.1 Å². The van der Waals surface area contributed by atoms with Crippen molar-refractivity contribution >= 4 is 11.8 Å². The van der Waals surface area contributed by atoms with Crippen molar-refractivity contribution in [3.63, 3.8) is 0 Å². The standard InChI is InChI=1S/C33H43N5O5/c1-3-29(39)35-27-14-7-8-15-28(27)38-30(25-11-5-4-6-12-25)31(32(40)36-18-16-34-17-19-36)37(33(38)41)23-24-10-9-13-26(22-24)43-21-20-42-2/h4-6,9-13,22,27-28,34H,3,7-8,14-21,23H2,1-2H3,(H,35,39)/t27-,28?/m0/s1. The average Bonchev–Trinajstić information content (AvgIpc) is 3.33. The number of imidazole rings is 1. The molecule has 0 bridgehead atoms. The van der Waals surface area contributed by atoms with Crippen LogP contribution in [0.25, 0.3) is 11.3 Å². The molecular weight excluding hydrogens is 546 g/mol. The molecule has 2 N–H and O–H groups in total. The molecule has 0 radical (unpaired) electrons. The van der Waals surface area contributed by atoms with Crippen molar-refractivity contribution in [1.29, 1.82) is 0 Å². The Morgan fingerprint density at radius 2 is 1.77 bits per heavy atom. The number of hydrogen-bond donors (Lipinski definition) is 2. The molecule has 43 heavy (non-hydrogen) atoms. The lowest BCUT2D eigenvalue weighted by Crippen LogP contribution is -2.47. The Hall–Kier alpha value is -3.89. The average molecular weight is 590 g/mol. The molecule has 1 aliphatic carbocycles. The van der Waals surface area contributed by atoms with Gasteiger partial charge in [0.15, 0.2) is 0 Å². The maximum atomic E-state index is 14.7. The highest BCUT2D eigenvalue weighted by Gasteiger charge is 2.36. The molecule has 230 valence electrons. The van der Waals surface area contributed by atoms with Crippen LogP contribution in [0.15, 0.2) is 59.4 Å². The lowest BCUT2D eigenvalue weighted by Gasteiger charge is -2.34. The molecule has 10 nitrogen and oxygen atoms in total. The molecule has 1 saturated carbocycles. The molecule has 1 unspecified atom stereocenters. The van der Waals surface area contributed by atoms with Crippen LogP contribution in [0.4, 0.5) is 0 Å². The van der Waals surface area contributed by atoms with Crippen LogP contribution in [0.3, 0.4) is 0 Å². The minimum absolute atomic E-state index is 0.0342. The zero-order valence-electron chi connectivity index (χ0n) is 25.2. The van der Waals surface area contributed by atoms with Crippen molar-refractivity contribution in [3.05, 3.63) is 76.3 Å². The van der Waals surface area contributed by atoms with E-state index in [9.17, 15) is 14.4 Å². The second kappa shape index (κ2) is 14.5. The van der Waals surface area contributed by atoms with Crippen molar-refractivity contribution < 1.29 is 19.1 Å². The first kappa shape index (κ1) is 30.6. The van der Waals surface area contributed by atoms with Gasteiger partial charge in [0, 0.05) is 51.3 Å². The minimum Gasteiger partial charge on any atom is -0.491 e. The normalized spacial score (nSPS) is 18.8. The SMILES string of the molecule is CCC(=O)N[C@H]1CCCCC1n1c(-c2ccccc2)c(C(=O)N2CCNCC2)n(Cc2cccc(OCCOC)c2)c1=O. The first-order chi connectivity index (χ1) is 21.0. The molecule has 3 aromatic rings. The monoisotopic (exact) mass is 589 g/mol. The van der Waals surface area contributed by atoms with E-state index in [0.717, 1.165) is 36.8 Å². The van der Waals surface area contributed by atoms with Gasteiger partial charge < -0.3 is 25.0 Å². The minimum atomic E-state index is -0.272. The van der Waals surface area contributed by atoms with Crippen LogP contribution in [0.5, 0.6) is 5.75 Å². The number of carbonyl (C=O) groups is 2. The molecular formula is C33H43N5O5. The third-order valence-electron chi connectivity index (χ3n) is 8.35. The van der Waals surface area contributed by atoms with Crippen molar-refractivity contribution in [1.82, 2.24) is 24.7 Å². The summed E-state index contributed by atoms with van der Waals surface area (Å²) in [7, 11) is 1.63. The topological polar surface area (TPSA) is 107 Å². The van der Waals surface area contributed by atoms with Gasteiger partial charge in [-0.2, -0.15) is 0 Å². The summed E-state index contributed by atoms with van der Waals surface area (Å²) in [6.45, 7) is 5.45. The number of aromatic nitrogens is 2. The Bertz CT molecular complexity index is 1440. The van der Waals surface area contributed by atoms with Gasteiger partial charge >= 0.3 is 5.69 Å². The van der Waals surface area contributed by atoms with Crippen LogP contribution in [-0.4, -0.2) is 78.4 Å². The van der Waals surface area contributed by atoms with Gasteiger partial charge in [-0.3, -0.25) is 18.7 Å². The van der Waals surface area contributed by atoms with E-state index >= 15 is 0 Å². The summed E-state index contributed by atoms with van der Waals surface area (Å²) in [5, 5.41) is 6.50. The fourth-order valence-electron chi connectivity index (χ4n) is 6.18. The first-order valence-corrected chi connectivity index (χ1v) is 15.4. The van der Waals surface area contributed by atoms with Crippen LogP contribution in [0, 0.1) is 0 Å². The molecule has 2 heterocycles. The van der Waals surface area contributed by atoms with E-state index in [2.05, 4.69) is 10.6 Å². The third-order valence-corrected chi connectivity index (χ3v) is 8.35. The Kier molecular flexibility index (Phi) is 10.3. The van der Waals surface area contributed by atoms with Gasteiger partial charge in [-0.1, -0.05) is 62.2 Å². The van der Waals surface area contributed by atoms with Crippen molar-refractivity contribution in [2.75, 3.05) is 46.5 Å². The number of amides is 2. The molecule has 10 heteroatoms. The predicted molar refractivity (Wildman–Crippen MR) is 166 cm³/mol.